The predicted octanol–water partition coefficient (Wildman–Crippen LogP) is 4.07. The maximum atomic E-state index is 4.90. The van der Waals surface area contributed by atoms with Gasteiger partial charge < -0.3 is 9.47 Å². The van der Waals surface area contributed by atoms with Gasteiger partial charge in [-0.05, 0) is 63.7 Å². The third-order valence-electron chi connectivity index (χ3n) is 6.33. The molecule has 0 aliphatic carbocycles. The fourth-order valence-electron chi connectivity index (χ4n) is 5.02. The van der Waals surface area contributed by atoms with Gasteiger partial charge in [-0.3, -0.25) is 0 Å². The molecule has 0 spiro atoms. The number of hydrogen-bond donors (Lipinski definition) is 0. The van der Waals surface area contributed by atoms with Crippen molar-refractivity contribution in [2.24, 2.45) is 5.92 Å². The van der Waals surface area contributed by atoms with E-state index in [-0.39, 0.29) is 0 Å². The van der Waals surface area contributed by atoms with Crippen molar-refractivity contribution in [2.45, 2.75) is 51.6 Å². The summed E-state index contributed by atoms with van der Waals surface area (Å²) in [5.41, 5.74) is 3.74. The largest absolute Gasteiger partial charge is 0.329 e. The molecule has 4 heterocycles. The zero-order chi connectivity index (χ0) is 18.2. The van der Waals surface area contributed by atoms with Crippen molar-refractivity contribution in [3.63, 3.8) is 0 Å². The molecule has 2 saturated heterocycles. The molecule has 0 saturated carbocycles. The van der Waals surface area contributed by atoms with Crippen LogP contribution >= 0.6 is 0 Å². The van der Waals surface area contributed by atoms with Gasteiger partial charge in [0.25, 0.3) is 0 Å². The molecule has 0 bridgehead atoms. The van der Waals surface area contributed by atoms with Gasteiger partial charge in [0.2, 0.25) is 0 Å². The minimum atomic E-state index is 0.709. The number of nitrogens with zero attached hydrogens (tertiary/aromatic N) is 5. The smallest absolute Gasteiger partial charge is 0.160 e. The molecule has 2 aliphatic rings. The first-order valence-corrected chi connectivity index (χ1v) is 10.3. The molecule has 0 unspecified atom stereocenters. The summed E-state index contributed by atoms with van der Waals surface area (Å²) >= 11 is 0. The first-order valence-electron chi connectivity index (χ1n) is 10.3. The number of fused-ring (bicyclic) bond motifs is 2. The first-order chi connectivity index (χ1) is 13.3. The number of rotatable bonds is 3. The summed E-state index contributed by atoms with van der Waals surface area (Å²) < 4.78 is 2.31. The van der Waals surface area contributed by atoms with E-state index in [0.717, 1.165) is 40.8 Å². The van der Waals surface area contributed by atoms with Crippen LogP contribution in [0.3, 0.4) is 0 Å². The van der Waals surface area contributed by atoms with Crippen molar-refractivity contribution in [1.29, 1.82) is 0 Å². The lowest BCUT2D eigenvalue weighted by Crippen LogP contribution is -2.49. The molecule has 0 radical (unpaired) electrons. The summed E-state index contributed by atoms with van der Waals surface area (Å²) in [6.07, 6.45) is 10.8. The highest BCUT2D eigenvalue weighted by Gasteiger charge is 2.33. The van der Waals surface area contributed by atoms with Crippen molar-refractivity contribution in [2.75, 3.05) is 13.1 Å². The van der Waals surface area contributed by atoms with E-state index in [2.05, 4.69) is 20.6 Å². The lowest BCUT2D eigenvalue weighted by Gasteiger charge is -2.44. The van der Waals surface area contributed by atoms with Crippen LogP contribution in [0.25, 0.3) is 22.6 Å². The van der Waals surface area contributed by atoms with Gasteiger partial charge >= 0.3 is 0 Å². The van der Waals surface area contributed by atoms with Crippen LogP contribution in [0, 0.1) is 12.8 Å². The fourth-order valence-corrected chi connectivity index (χ4v) is 5.02. The normalized spacial score (nSPS) is 23.4. The van der Waals surface area contributed by atoms with Gasteiger partial charge in [-0.1, -0.05) is 18.6 Å². The molecule has 27 heavy (non-hydrogen) atoms. The molecule has 0 N–H and O–H groups in total. The molecule has 140 valence electrons. The minimum absolute atomic E-state index is 0.709. The second-order valence-corrected chi connectivity index (χ2v) is 8.05. The Morgan fingerprint density at radius 2 is 1.81 bits per heavy atom. The van der Waals surface area contributed by atoms with Crippen molar-refractivity contribution < 1.29 is 0 Å². The summed E-state index contributed by atoms with van der Waals surface area (Å²) in [5, 5.41) is 0. The Bertz CT molecular complexity index is 945. The van der Waals surface area contributed by atoms with Gasteiger partial charge in [-0.25, -0.2) is 15.0 Å². The third-order valence-corrected chi connectivity index (χ3v) is 6.33. The number of para-hydroxylation sites is 2. The Morgan fingerprint density at radius 1 is 1.00 bits per heavy atom. The van der Waals surface area contributed by atoms with Gasteiger partial charge in [-0.15, -0.1) is 0 Å². The Morgan fingerprint density at radius 3 is 2.70 bits per heavy atom. The van der Waals surface area contributed by atoms with Crippen molar-refractivity contribution in [3.8, 4) is 11.5 Å². The average molecular weight is 361 g/mol. The lowest BCUT2D eigenvalue weighted by molar-refractivity contribution is 0.0521. The van der Waals surface area contributed by atoms with E-state index in [1.165, 1.54) is 45.2 Å². The number of benzene rings is 1. The standard InChI is InChI=1S/C22H27N5/c1-16-21(25-19-9-3-2-8-18(19)24-16)22-23-11-14-27(22)15-17-7-6-13-26-12-5-4-10-20(17)26/h2-3,8-9,11,14,17,20H,4-7,10,12-13,15H2,1H3/t17-,20+/m0/s1. The van der Waals surface area contributed by atoms with E-state index in [9.17, 15) is 0 Å². The van der Waals surface area contributed by atoms with Gasteiger partial charge in [0.15, 0.2) is 5.82 Å². The third kappa shape index (κ3) is 3.14. The summed E-state index contributed by atoms with van der Waals surface area (Å²) in [4.78, 5) is 17.1. The Balaban J connectivity index is 1.47. The second kappa shape index (κ2) is 7.04. The van der Waals surface area contributed by atoms with Crippen LogP contribution in [0.1, 0.15) is 37.8 Å². The van der Waals surface area contributed by atoms with Crippen LogP contribution in [-0.4, -0.2) is 43.6 Å². The van der Waals surface area contributed by atoms with E-state index >= 15 is 0 Å². The Hall–Kier alpha value is -2.27. The molecule has 5 heteroatoms. The van der Waals surface area contributed by atoms with E-state index in [1.807, 2.05) is 37.4 Å². The number of imidazole rings is 1. The zero-order valence-corrected chi connectivity index (χ0v) is 16.0. The fraction of sp³-hybridized carbons (Fsp3) is 0.500. The number of aryl methyl sites for hydroxylation is 1. The minimum Gasteiger partial charge on any atom is -0.329 e. The van der Waals surface area contributed by atoms with Crippen LogP contribution in [0.15, 0.2) is 36.7 Å². The summed E-state index contributed by atoms with van der Waals surface area (Å²) in [7, 11) is 0. The molecule has 2 fully saturated rings. The number of hydrogen-bond acceptors (Lipinski definition) is 4. The molecule has 5 nitrogen and oxygen atoms in total. The monoisotopic (exact) mass is 361 g/mol. The lowest BCUT2D eigenvalue weighted by atomic mass is 9.83. The molecular formula is C22H27N5. The highest BCUT2D eigenvalue weighted by Crippen LogP contribution is 2.33. The molecule has 0 amide bonds. The van der Waals surface area contributed by atoms with E-state index in [4.69, 9.17) is 9.97 Å². The summed E-state index contributed by atoms with van der Waals surface area (Å²) in [6.45, 7) is 5.64. The van der Waals surface area contributed by atoms with Crippen LogP contribution in [0.4, 0.5) is 0 Å². The van der Waals surface area contributed by atoms with E-state index in [0.29, 0.717) is 5.92 Å². The van der Waals surface area contributed by atoms with Crippen molar-refractivity contribution in [1.82, 2.24) is 24.4 Å². The van der Waals surface area contributed by atoms with Crippen LogP contribution < -0.4 is 0 Å². The SMILES string of the molecule is Cc1nc2ccccc2nc1-c1nccn1C[C@@H]1CCCN2CCCC[C@H]12. The van der Waals surface area contributed by atoms with Crippen LogP contribution in [-0.2, 0) is 6.54 Å². The molecule has 5 rings (SSSR count). The van der Waals surface area contributed by atoms with Crippen molar-refractivity contribution in [3.05, 3.63) is 42.4 Å². The summed E-state index contributed by atoms with van der Waals surface area (Å²) in [5.74, 6) is 1.67. The van der Waals surface area contributed by atoms with Gasteiger partial charge in [-0.2, -0.15) is 0 Å². The molecule has 2 atom stereocenters. The maximum absolute atomic E-state index is 4.90. The van der Waals surface area contributed by atoms with E-state index < -0.39 is 0 Å². The topological polar surface area (TPSA) is 46.8 Å². The number of aromatic nitrogens is 4. The highest BCUT2D eigenvalue weighted by molar-refractivity contribution is 5.77. The molecule has 3 aromatic rings. The molecule has 2 aliphatic heterocycles. The van der Waals surface area contributed by atoms with Gasteiger partial charge in [0.1, 0.15) is 5.69 Å². The highest BCUT2D eigenvalue weighted by atomic mass is 15.2. The second-order valence-electron chi connectivity index (χ2n) is 8.05. The Kier molecular flexibility index (Phi) is 4.40. The Labute approximate surface area is 160 Å². The zero-order valence-electron chi connectivity index (χ0n) is 16.0. The average Bonchev–Trinajstić information content (AvgIpc) is 3.15. The first kappa shape index (κ1) is 16.9. The molecule has 1 aromatic carbocycles. The van der Waals surface area contributed by atoms with Crippen molar-refractivity contribution >= 4 is 11.0 Å². The van der Waals surface area contributed by atoms with Crippen LogP contribution in [0.2, 0.25) is 0 Å². The predicted molar refractivity (Wildman–Crippen MR) is 107 cm³/mol. The van der Waals surface area contributed by atoms with Gasteiger partial charge in [0.05, 0.1) is 16.7 Å². The van der Waals surface area contributed by atoms with E-state index in [1.54, 1.807) is 0 Å². The maximum Gasteiger partial charge on any atom is 0.160 e. The number of piperidine rings is 2. The quantitative estimate of drug-likeness (QED) is 0.706. The molecular weight excluding hydrogens is 334 g/mol. The summed E-state index contributed by atoms with van der Waals surface area (Å²) in [6, 6.07) is 8.81. The van der Waals surface area contributed by atoms with Crippen LogP contribution in [0.5, 0.6) is 0 Å². The molecule has 2 aromatic heterocycles. The van der Waals surface area contributed by atoms with Gasteiger partial charge in [0, 0.05) is 25.0 Å².